The van der Waals surface area contributed by atoms with E-state index in [2.05, 4.69) is 5.32 Å². The molecular weight excluding hydrogens is 442 g/mol. The van der Waals surface area contributed by atoms with Gasteiger partial charge in [-0.2, -0.15) is 0 Å². The van der Waals surface area contributed by atoms with Gasteiger partial charge in [0.25, 0.3) is 11.6 Å². The molecule has 1 fully saturated rings. The summed E-state index contributed by atoms with van der Waals surface area (Å²) in [5.41, 5.74) is 2.37. The molecule has 0 radical (unpaired) electrons. The molecule has 1 saturated heterocycles. The van der Waals surface area contributed by atoms with E-state index < -0.39 is 16.1 Å². The molecule has 3 amide bonds. The summed E-state index contributed by atoms with van der Waals surface area (Å²) in [5.74, 6) is -0.867. The van der Waals surface area contributed by atoms with Crippen LogP contribution in [0.1, 0.15) is 22.3 Å². The molecule has 0 spiro atoms. The van der Waals surface area contributed by atoms with Gasteiger partial charge in [0.15, 0.2) is 0 Å². The highest BCUT2D eigenvalue weighted by Gasteiger charge is 2.40. The Labute approximate surface area is 193 Å². The zero-order valence-corrected chi connectivity index (χ0v) is 18.4. The van der Waals surface area contributed by atoms with Crippen molar-refractivity contribution in [3.8, 4) is 0 Å². The van der Waals surface area contributed by atoms with E-state index in [-0.39, 0.29) is 23.9 Å². The van der Waals surface area contributed by atoms with E-state index in [1.54, 1.807) is 36.4 Å². The number of thioether (sulfide) groups is 1. The normalized spacial score (nSPS) is 15.5. The lowest BCUT2D eigenvalue weighted by Gasteiger charge is -2.15. The lowest BCUT2D eigenvalue weighted by atomic mass is 10.2. The fraction of sp³-hybridized carbons (Fsp3) is 0.125. The van der Waals surface area contributed by atoms with Crippen molar-refractivity contribution < 1.29 is 19.3 Å². The minimum absolute atomic E-state index is 0.0891. The van der Waals surface area contributed by atoms with Crippen LogP contribution in [0.4, 0.5) is 17.1 Å². The van der Waals surface area contributed by atoms with E-state index in [1.807, 2.05) is 19.1 Å². The lowest BCUT2D eigenvalue weighted by molar-refractivity contribution is -0.384. The molecule has 9 heteroatoms. The number of carbonyl (C=O) groups is 3. The number of nitro benzene ring substituents is 1. The van der Waals surface area contributed by atoms with Crippen molar-refractivity contribution in [2.24, 2.45) is 0 Å². The van der Waals surface area contributed by atoms with Crippen molar-refractivity contribution in [2.75, 3.05) is 10.2 Å². The number of hydrogen-bond acceptors (Lipinski definition) is 6. The molecular formula is C24H19N3O5S. The van der Waals surface area contributed by atoms with Crippen LogP contribution in [0.5, 0.6) is 0 Å². The number of amides is 3. The van der Waals surface area contributed by atoms with Crippen LogP contribution in [0.3, 0.4) is 0 Å². The van der Waals surface area contributed by atoms with Crippen LogP contribution in [0.15, 0.2) is 77.7 Å². The summed E-state index contributed by atoms with van der Waals surface area (Å²) in [4.78, 5) is 49.9. The van der Waals surface area contributed by atoms with Crippen molar-refractivity contribution >= 4 is 46.5 Å². The van der Waals surface area contributed by atoms with Gasteiger partial charge in [0, 0.05) is 34.7 Å². The van der Waals surface area contributed by atoms with Crippen molar-refractivity contribution in [3.63, 3.8) is 0 Å². The van der Waals surface area contributed by atoms with Gasteiger partial charge in [-0.1, -0.05) is 17.7 Å². The quantitative estimate of drug-likeness (QED) is 0.327. The van der Waals surface area contributed by atoms with Gasteiger partial charge in [-0.25, -0.2) is 4.90 Å². The number of rotatable bonds is 6. The molecule has 1 N–H and O–H groups in total. The maximum atomic E-state index is 12.8. The second-order valence-electron chi connectivity index (χ2n) is 7.50. The summed E-state index contributed by atoms with van der Waals surface area (Å²) < 4.78 is 0. The Morgan fingerprint density at radius 2 is 1.64 bits per heavy atom. The highest BCUT2D eigenvalue weighted by atomic mass is 32.2. The number of non-ortho nitro benzene ring substituents is 1. The second-order valence-corrected chi connectivity index (χ2v) is 8.77. The first-order valence-electron chi connectivity index (χ1n) is 10.1. The molecule has 1 unspecified atom stereocenters. The van der Waals surface area contributed by atoms with Crippen LogP contribution in [-0.2, 0) is 9.59 Å². The minimum atomic E-state index is -0.527. The fourth-order valence-electron chi connectivity index (χ4n) is 3.38. The number of benzene rings is 3. The summed E-state index contributed by atoms with van der Waals surface area (Å²) >= 11 is 1.30. The van der Waals surface area contributed by atoms with Crippen molar-refractivity contribution in [3.05, 3.63) is 94.0 Å². The first-order valence-corrected chi connectivity index (χ1v) is 11.0. The Morgan fingerprint density at radius 3 is 2.24 bits per heavy atom. The van der Waals surface area contributed by atoms with Gasteiger partial charge < -0.3 is 5.32 Å². The van der Waals surface area contributed by atoms with Crippen molar-refractivity contribution in [1.82, 2.24) is 0 Å². The zero-order chi connectivity index (χ0) is 23.5. The second kappa shape index (κ2) is 9.25. The van der Waals surface area contributed by atoms with Gasteiger partial charge in [0.2, 0.25) is 11.8 Å². The molecule has 8 nitrogen and oxygen atoms in total. The van der Waals surface area contributed by atoms with E-state index in [0.29, 0.717) is 16.9 Å². The Hall–Kier alpha value is -3.98. The highest BCUT2D eigenvalue weighted by Crippen LogP contribution is 2.34. The fourth-order valence-corrected chi connectivity index (χ4v) is 4.43. The maximum Gasteiger partial charge on any atom is 0.269 e. The number of imide groups is 1. The SMILES string of the molecule is Cc1ccc(N2C(=O)CC(Sc3ccc(NC(=O)c4ccc([N+](=O)[O-])cc4)cc3)C2=O)cc1. The predicted molar refractivity (Wildman–Crippen MR) is 125 cm³/mol. The smallest absolute Gasteiger partial charge is 0.269 e. The van der Waals surface area contributed by atoms with Gasteiger partial charge in [0.05, 0.1) is 15.9 Å². The number of nitrogens with one attached hydrogen (secondary N) is 1. The molecule has 0 aromatic heterocycles. The molecule has 0 bridgehead atoms. The summed E-state index contributed by atoms with van der Waals surface area (Å²) in [5, 5.41) is 12.9. The summed E-state index contributed by atoms with van der Waals surface area (Å²) in [6.45, 7) is 1.94. The highest BCUT2D eigenvalue weighted by molar-refractivity contribution is 8.00. The third-order valence-corrected chi connectivity index (χ3v) is 6.33. The van der Waals surface area contributed by atoms with E-state index in [9.17, 15) is 24.5 Å². The molecule has 0 saturated carbocycles. The topological polar surface area (TPSA) is 110 Å². The minimum Gasteiger partial charge on any atom is -0.322 e. The van der Waals surface area contributed by atoms with Gasteiger partial charge in [-0.05, 0) is 55.5 Å². The van der Waals surface area contributed by atoms with Crippen molar-refractivity contribution in [2.45, 2.75) is 23.5 Å². The third kappa shape index (κ3) is 4.93. The van der Waals surface area contributed by atoms with Gasteiger partial charge >= 0.3 is 0 Å². The van der Waals surface area contributed by atoms with Crippen LogP contribution >= 0.6 is 11.8 Å². The molecule has 1 atom stereocenters. The summed E-state index contributed by atoms with van der Waals surface area (Å²) in [6.07, 6.45) is 0.121. The molecule has 33 heavy (non-hydrogen) atoms. The van der Waals surface area contributed by atoms with E-state index in [4.69, 9.17) is 0 Å². The Kier molecular flexibility index (Phi) is 6.23. The van der Waals surface area contributed by atoms with Gasteiger partial charge in [-0.3, -0.25) is 24.5 Å². The largest absolute Gasteiger partial charge is 0.322 e. The lowest BCUT2D eigenvalue weighted by Crippen LogP contribution is -2.31. The van der Waals surface area contributed by atoms with E-state index in [1.165, 1.54) is 40.9 Å². The monoisotopic (exact) mass is 461 g/mol. The first-order chi connectivity index (χ1) is 15.8. The predicted octanol–water partition coefficient (Wildman–Crippen LogP) is 4.58. The molecule has 1 heterocycles. The summed E-state index contributed by atoms with van der Waals surface area (Å²) in [7, 11) is 0. The van der Waals surface area contributed by atoms with Crippen LogP contribution in [0.2, 0.25) is 0 Å². The van der Waals surface area contributed by atoms with Crippen molar-refractivity contribution in [1.29, 1.82) is 0 Å². The molecule has 3 aromatic carbocycles. The number of carbonyl (C=O) groups excluding carboxylic acids is 3. The van der Waals surface area contributed by atoms with Crippen LogP contribution in [0, 0.1) is 17.0 Å². The number of nitrogens with zero attached hydrogens (tertiary/aromatic N) is 2. The van der Waals surface area contributed by atoms with Crippen LogP contribution in [0.25, 0.3) is 0 Å². The van der Waals surface area contributed by atoms with Gasteiger partial charge in [-0.15, -0.1) is 11.8 Å². The number of aryl methyl sites for hydroxylation is 1. The average Bonchev–Trinajstić information content (AvgIpc) is 3.08. The molecule has 1 aliphatic rings. The third-order valence-electron chi connectivity index (χ3n) is 5.13. The van der Waals surface area contributed by atoms with Gasteiger partial charge in [0.1, 0.15) is 0 Å². The first kappa shape index (κ1) is 22.2. The molecule has 3 aromatic rings. The maximum absolute atomic E-state index is 12.8. The standard InChI is InChI=1S/C24H19N3O5S/c1-15-2-8-18(9-3-15)26-22(28)14-21(24(26)30)33-20-12-6-17(7-13-20)25-23(29)16-4-10-19(11-5-16)27(31)32/h2-13,21H,14H2,1H3,(H,25,29). The van der Waals surface area contributed by atoms with Crippen LogP contribution < -0.4 is 10.2 Å². The Morgan fingerprint density at radius 1 is 1.00 bits per heavy atom. The molecule has 166 valence electrons. The molecule has 0 aliphatic carbocycles. The molecule has 1 aliphatic heterocycles. The number of hydrogen-bond donors (Lipinski definition) is 1. The van der Waals surface area contributed by atoms with E-state index >= 15 is 0 Å². The Balaban J connectivity index is 1.39. The Bertz CT molecular complexity index is 1220. The summed E-state index contributed by atoms with van der Waals surface area (Å²) in [6, 6.07) is 19.5. The average molecular weight is 461 g/mol. The molecule has 4 rings (SSSR count). The number of nitro groups is 1. The van der Waals surface area contributed by atoms with Crippen LogP contribution in [-0.4, -0.2) is 27.9 Å². The number of anilines is 2. The van der Waals surface area contributed by atoms with E-state index in [0.717, 1.165) is 10.5 Å². The zero-order valence-electron chi connectivity index (χ0n) is 17.6.